The largest absolute Gasteiger partial charge is 0.389 e. The van der Waals surface area contributed by atoms with E-state index in [0.29, 0.717) is 25.8 Å². The number of likely N-dealkylation sites (tertiary alicyclic amines) is 1. The van der Waals surface area contributed by atoms with Crippen LogP contribution >= 0.6 is 0 Å². The summed E-state index contributed by atoms with van der Waals surface area (Å²) in [4.78, 5) is 2.34. The van der Waals surface area contributed by atoms with E-state index >= 15 is 0 Å². The third-order valence-corrected chi connectivity index (χ3v) is 4.34. The van der Waals surface area contributed by atoms with Gasteiger partial charge >= 0.3 is 0 Å². The second-order valence-corrected chi connectivity index (χ2v) is 6.25. The number of rotatable bonds is 7. The van der Waals surface area contributed by atoms with E-state index in [9.17, 15) is 5.11 Å². The summed E-state index contributed by atoms with van der Waals surface area (Å²) in [6.07, 6.45) is 5.83. The second-order valence-electron chi connectivity index (χ2n) is 6.25. The van der Waals surface area contributed by atoms with Crippen LogP contribution in [-0.2, 0) is 18.4 Å². The molecule has 0 spiro atoms. The first kappa shape index (κ1) is 16.2. The highest BCUT2D eigenvalue weighted by molar-refractivity contribution is 5.13. The van der Waals surface area contributed by atoms with Crippen molar-refractivity contribution in [2.75, 3.05) is 19.7 Å². The highest BCUT2D eigenvalue weighted by Crippen LogP contribution is 2.31. The third kappa shape index (κ3) is 4.41. The third-order valence-electron chi connectivity index (χ3n) is 4.34. The Bertz CT molecular complexity index is 599. The predicted octanol–water partition coefficient (Wildman–Crippen LogP) is 2.13. The summed E-state index contributed by atoms with van der Waals surface area (Å²) in [6.45, 7) is 2.58. The lowest BCUT2D eigenvalue weighted by molar-refractivity contribution is 0.00771. The first-order valence-electron chi connectivity index (χ1n) is 8.24. The number of β-amino-alcohol motifs (C(OH)–C–C–N with tert-alkyl or cyclic N) is 1. The maximum Gasteiger partial charge on any atom is 0.0900 e. The maximum atomic E-state index is 10.3. The fourth-order valence-electron chi connectivity index (χ4n) is 3.24. The summed E-state index contributed by atoms with van der Waals surface area (Å²) in [5, 5.41) is 14.5. The molecule has 2 heterocycles. The van der Waals surface area contributed by atoms with E-state index in [-0.39, 0.29) is 0 Å². The molecule has 0 aliphatic carbocycles. The van der Waals surface area contributed by atoms with Crippen LogP contribution in [0.5, 0.6) is 0 Å². The monoisotopic (exact) mass is 315 g/mol. The van der Waals surface area contributed by atoms with Crippen molar-refractivity contribution in [2.45, 2.75) is 31.6 Å². The van der Waals surface area contributed by atoms with E-state index in [0.717, 1.165) is 24.9 Å². The van der Waals surface area contributed by atoms with E-state index in [1.165, 1.54) is 5.56 Å². The first-order chi connectivity index (χ1) is 11.2. The van der Waals surface area contributed by atoms with Gasteiger partial charge in [-0.3, -0.25) is 9.58 Å². The fourth-order valence-corrected chi connectivity index (χ4v) is 3.24. The molecule has 1 aromatic heterocycles. The van der Waals surface area contributed by atoms with E-state index < -0.39 is 6.10 Å². The van der Waals surface area contributed by atoms with Gasteiger partial charge in [-0.15, -0.1) is 0 Å². The van der Waals surface area contributed by atoms with Crippen LogP contribution in [0.25, 0.3) is 0 Å². The molecule has 23 heavy (non-hydrogen) atoms. The van der Waals surface area contributed by atoms with Crippen LogP contribution in [0, 0.1) is 0 Å². The van der Waals surface area contributed by atoms with Crippen molar-refractivity contribution in [3.8, 4) is 0 Å². The first-order valence-corrected chi connectivity index (χ1v) is 8.24. The van der Waals surface area contributed by atoms with Crippen LogP contribution < -0.4 is 0 Å². The molecular formula is C18H25N3O2. The molecule has 1 N–H and O–H groups in total. The Labute approximate surface area is 137 Å². The Balaban J connectivity index is 1.46. The van der Waals surface area contributed by atoms with Crippen molar-refractivity contribution < 1.29 is 9.84 Å². The van der Waals surface area contributed by atoms with Crippen LogP contribution in [0.2, 0.25) is 0 Å². The highest BCUT2D eigenvalue weighted by atomic mass is 16.5. The summed E-state index contributed by atoms with van der Waals surface area (Å²) in [5.41, 5.74) is 2.37. The SMILES string of the molecule is Cn1cc([C@H]2CCCN2C[C@@H](O)COCc2ccccc2)cn1. The number of benzene rings is 1. The molecule has 0 saturated carbocycles. The maximum absolute atomic E-state index is 10.3. The molecule has 3 rings (SSSR count). The molecule has 5 nitrogen and oxygen atoms in total. The smallest absolute Gasteiger partial charge is 0.0900 e. The van der Waals surface area contributed by atoms with Gasteiger partial charge in [-0.05, 0) is 24.9 Å². The van der Waals surface area contributed by atoms with E-state index in [4.69, 9.17) is 4.74 Å². The number of aliphatic hydroxyl groups excluding tert-OH is 1. The van der Waals surface area contributed by atoms with Crippen LogP contribution in [0.1, 0.15) is 30.0 Å². The molecule has 2 aromatic rings. The minimum Gasteiger partial charge on any atom is -0.389 e. The van der Waals surface area contributed by atoms with Gasteiger partial charge in [0.1, 0.15) is 0 Å². The van der Waals surface area contributed by atoms with Crippen LogP contribution in [0.4, 0.5) is 0 Å². The predicted molar refractivity (Wildman–Crippen MR) is 88.9 cm³/mol. The van der Waals surface area contributed by atoms with E-state index in [1.807, 2.05) is 48.3 Å². The Hall–Kier alpha value is -1.69. The van der Waals surface area contributed by atoms with Crippen molar-refractivity contribution in [1.29, 1.82) is 0 Å². The molecule has 1 saturated heterocycles. The molecule has 124 valence electrons. The average Bonchev–Trinajstić information content (AvgIpc) is 3.17. The Morgan fingerprint density at radius 1 is 1.35 bits per heavy atom. The van der Waals surface area contributed by atoms with Crippen LogP contribution in [0.3, 0.4) is 0 Å². The molecular weight excluding hydrogens is 290 g/mol. The molecule has 1 fully saturated rings. The molecule has 1 aromatic carbocycles. The number of hydrogen-bond donors (Lipinski definition) is 1. The number of hydrogen-bond acceptors (Lipinski definition) is 4. The zero-order chi connectivity index (χ0) is 16.1. The molecule has 5 heteroatoms. The Morgan fingerprint density at radius 3 is 2.91 bits per heavy atom. The summed E-state index contributed by atoms with van der Waals surface area (Å²) in [7, 11) is 1.94. The zero-order valence-corrected chi connectivity index (χ0v) is 13.6. The molecule has 1 aliphatic heterocycles. The lowest BCUT2D eigenvalue weighted by Gasteiger charge is -2.26. The number of nitrogens with zero attached hydrogens (tertiary/aromatic N) is 3. The van der Waals surface area contributed by atoms with Gasteiger partial charge in [0.2, 0.25) is 0 Å². The van der Waals surface area contributed by atoms with Gasteiger partial charge < -0.3 is 9.84 Å². The second kappa shape index (κ2) is 7.73. The number of aromatic nitrogens is 2. The molecule has 0 amide bonds. The molecule has 0 unspecified atom stereocenters. The number of aliphatic hydroxyl groups is 1. The number of ether oxygens (including phenoxy) is 1. The van der Waals surface area contributed by atoms with Gasteiger partial charge in [0.25, 0.3) is 0 Å². The van der Waals surface area contributed by atoms with Gasteiger partial charge in [-0.1, -0.05) is 30.3 Å². The highest BCUT2D eigenvalue weighted by Gasteiger charge is 2.28. The van der Waals surface area contributed by atoms with Gasteiger partial charge in [0, 0.05) is 31.4 Å². The van der Waals surface area contributed by atoms with Gasteiger partial charge in [-0.25, -0.2) is 0 Å². The van der Waals surface area contributed by atoms with Crippen molar-refractivity contribution in [1.82, 2.24) is 14.7 Å². The summed E-state index contributed by atoms with van der Waals surface area (Å²) < 4.78 is 7.48. The average molecular weight is 315 g/mol. The molecule has 1 aliphatic rings. The van der Waals surface area contributed by atoms with Gasteiger partial charge in [-0.2, -0.15) is 5.10 Å². The minimum atomic E-state index is -0.462. The standard InChI is InChI=1S/C18H25N3O2/c1-20-11-16(10-19-20)18-8-5-9-21(18)12-17(22)14-23-13-15-6-3-2-4-7-15/h2-4,6-7,10-11,17-18,22H,5,8-9,12-14H2,1H3/t17-,18-/m1/s1. The zero-order valence-electron chi connectivity index (χ0n) is 13.6. The molecule has 0 bridgehead atoms. The fraction of sp³-hybridized carbons (Fsp3) is 0.500. The number of aryl methyl sites for hydroxylation is 1. The Kier molecular flexibility index (Phi) is 5.43. The molecule has 0 radical (unpaired) electrons. The summed E-state index contributed by atoms with van der Waals surface area (Å²) >= 11 is 0. The van der Waals surface area contributed by atoms with E-state index in [1.54, 1.807) is 0 Å². The normalized spacial score (nSPS) is 20.0. The van der Waals surface area contributed by atoms with Crippen molar-refractivity contribution in [3.63, 3.8) is 0 Å². The van der Waals surface area contributed by atoms with Crippen LogP contribution in [0.15, 0.2) is 42.7 Å². The minimum absolute atomic E-state index is 0.366. The lowest BCUT2D eigenvalue weighted by atomic mass is 10.1. The lowest BCUT2D eigenvalue weighted by Crippen LogP contribution is -2.34. The van der Waals surface area contributed by atoms with Crippen molar-refractivity contribution in [3.05, 3.63) is 53.9 Å². The van der Waals surface area contributed by atoms with Gasteiger partial charge in [0.05, 0.1) is 25.5 Å². The quantitative estimate of drug-likeness (QED) is 0.850. The van der Waals surface area contributed by atoms with Crippen molar-refractivity contribution in [2.24, 2.45) is 7.05 Å². The topological polar surface area (TPSA) is 50.5 Å². The molecule has 2 atom stereocenters. The van der Waals surface area contributed by atoms with Crippen molar-refractivity contribution >= 4 is 0 Å². The Morgan fingerprint density at radius 2 is 2.17 bits per heavy atom. The summed E-state index contributed by atoms with van der Waals surface area (Å²) in [5.74, 6) is 0. The van der Waals surface area contributed by atoms with E-state index in [2.05, 4.69) is 16.2 Å². The van der Waals surface area contributed by atoms with Gasteiger partial charge in [0.15, 0.2) is 0 Å². The summed E-state index contributed by atoms with van der Waals surface area (Å²) in [6, 6.07) is 10.4. The van der Waals surface area contributed by atoms with Crippen LogP contribution in [-0.4, -0.2) is 45.6 Å².